The van der Waals surface area contributed by atoms with Gasteiger partial charge in [0, 0.05) is 19.8 Å². The van der Waals surface area contributed by atoms with E-state index in [1.54, 1.807) is 25.4 Å². The molecule has 0 unspecified atom stereocenters. The molecule has 5 heteroatoms. The third kappa shape index (κ3) is 4.65. The van der Waals surface area contributed by atoms with Crippen LogP contribution in [0.5, 0.6) is 0 Å². The molecule has 0 saturated heterocycles. The van der Waals surface area contributed by atoms with Crippen molar-refractivity contribution in [1.82, 2.24) is 10.3 Å². The van der Waals surface area contributed by atoms with Gasteiger partial charge in [-0.3, -0.25) is 4.79 Å². The number of pyridine rings is 1. The molecule has 17 heavy (non-hydrogen) atoms. The van der Waals surface area contributed by atoms with Crippen molar-refractivity contribution >= 4 is 23.5 Å². The Morgan fingerprint density at radius 3 is 3.00 bits per heavy atom. The summed E-state index contributed by atoms with van der Waals surface area (Å²) >= 11 is 1.83. The van der Waals surface area contributed by atoms with Crippen LogP contribution >= 0.6 is 11.8 Å². The third-order valence-electron chi connectivity index (χ3n) is 2.35. The van der Waals surface area contributed by atoms with Gasteiger partial charge in [-0.05, 0) is 37.0 Å². The average Bonchev–Trinajstić information content (AvgIpc) is 2.38. The number of thioether (sulfide) groups is 1. The smallest absolute Gasteiger partial charge is 0.255 e. The third-order valence-corrected chi connectivity index (χ3v) is 3.05. The van der Waals surface area contributed by atoms with Gasteiger partial charge in [-0.1, -0.05) is 0 Å². The van der Waals surface area contributed by atoms with Crippen molar-refractivity contribution in [2.75, 3.05) is 30.9 Å². The lowest BCUT2D eigenvalue weighted by Crippen LogP contribution is -2.25. The van der Waals surface area contributed by atoms with E-state index in [-0.39, 0.29) is 5.91 Å². The van der Waals surface area contributed by atoms with Crippen molar-refractivity contribution in [2.45, 2.75) is 12.8 Å². The molecule has 1 aromatic rings. The molecule has 1 heterocycles. The molecule has 1 rings (SSSR count). The van der Waals surface area contributed by atoms with E-state index >= 15 is 0 Å². The van der Waals surface area contributed by atoms with Gasteiger partial charge >= 0.3 is 0 Å². The number of carbonyl (C=O) groups is 1. The van der Waals surface area contributed by atoms with E-state index in [1.807, 2.05) is 11.8 Å². The predicted octanol–water partition coefficient (Wildman–Crippen LogP) is 2.00. The summed E-state index contributed by atoms with van der Waals surface area (Å²) in [5, 5.41) is 5.82. The minimum atomic E-state index is -0.0633. The second kappa shape index (κ2) is 7.95. The Balaban J connectivity index is 2.41. The molecule has 0 bridgehead atoms. The fourth-order valence-corrected chi connectivity index (χ4v) is 1.95. The number of amides is 1. The van der Waals surface area contributed by atoms with Gasteiger partial charge in [-0.15, -0.1) is 0 Å². The quantitative estimate of drug-likeness (QED) is 0.730. The number of hydrogen-bond donors (Lipinski definition) is 2. The second-order valence-corrected chi connectivity index (χ2v) is 4.59. The summed E-state index contributed by atoms with van der Waals surface area (Å²) in [7, 11) is 1.76. The number of rotatable bonds is 7. The van der Waals surface area contributed by atoms with Crippen molar-refractivity contribution in [3.63, 3.8) is 0 Å². The molecule has 0 aliphatic heterocycles. The fraction of sp³-hybridized carbons (Fsp3) is 0.500. The van der Waals surface area contributed by atoms with Crippen LogP contribution < -0.4 is 10.6 Å². The average molecular weight is 253 g/mol. The van der Waals surface area contributed by atoms with Crippen LogP contribution in [0.4, 0.5) is 5.82 Å². The van der Waals surface area contributed by atoms with Crippen LogP contribution in [0.3, 0.4) is 0 Å². The largest absolute Gasteiger partial charge is 0.372 e. The van der Waals surface area contributed by atoms with E-state index in [2.05, 4.69) is 21.9 Å². The molecule has 0 aliphatic carbocycles. The fourth-order valence-electron chi connectivity index (χ4n) is 1.46. The molecule has 4 nitrogen and oxygen atoms in total. The van der Waals surface area contributed by atoms with Crippen LogP contribution in [0, 0.1) is 0 Å². The van der Waals surface area contributed by atoms with Crippen LogP contribution in [0.2, 0.25) is 0 Å². The standard InChI is InChI=1S/C12H19N3OS/c1-13-11-10(6-5-8-14-11)12(16)15-7-3-4-9-17-2/h5-6,8H,3-4,7,9H2,1-2H3,(H,13,14)(H,15,16). The zero-order valence-electron chi connectivity index (χ0n) is 10.3. The van der Waals surface area contributed by atoms with Gasteiger partial charge in [0.15, 0.2) is 0 Å². The van der Waals surface area contributed by atoms with Crippen LogP contribution in [-0.4, -0.2) is 36.5 Å². The zero-order chi connectivity index (χ0) is 12.5. The van der Waals surface area contributed by atoms with E-state index in [1.165, 1.54) is 0 Å². The summed E-state index contributed by atoms with van der Waals surface area (Å²) in [5.41, 5.74) is 0.597. The monoisotopic (exact) mass is 253 g/mol. The molecule has 0 spiro atoms. The summed E-state index contributed by atoms with van der Waals surface area (Å²) in [5.74, 6) is 1.70. The Hall–Kier alpha value is -1.23. The maximum atomic E-state index is 11.9. The summed E-state index contributed by atoms with van der Waals surface area (Å²) in [6, 6.07) is 3.54. The summed E-state index contributed by atoms with van der Waals surface area (Å²) < 4.78 is 0. The zero-order valence-corrected chi connectivity index (χ0v) is 11.1. The molecule has 0 saturated carbocycles. The minimum absolute atomic E-state index is 0.0633. The molecule has 0 radical (unpaired) electrons. The van der Waals surface area contributed by atoms with Crippen molar-refractivity contribution in [3.8, 4) is 0 Å². The van der Waals surface area contributed by atoms with E-state index < -0.39 is 0 Å². The van der Waals surface area contributed by atoms with E-state index in [4.69, 9.17) is 0 Å². The van der Waals surface area contributed by atoms with Crippen LogP contribution in [0.25, 0.3) is 0 Å². The normalized spacial score (nSPS) is 10.0. The first-order chi connectivity index (χ1) is 8.29. The SMILES string of the molecule is CNc1ncccc1C(=O)NCCCCSC. The maximum Gasteiger partial charge on any atom is 0.255 e. The number of nitrogens with zero attached hydrogens (tertiary/aromatic N) is 1. The van der Waals surface area contributed by atoms with Gasteiger partial charge in [-0.2, -0.15) is 11.8 Å². The molecule has 0 aromatic carbocycles. The van der Waals surface area contributed by atoms with Gasteiger partial charge in [0.05, 0.1) is 5.56 Å². The lowest BCUT2D eigenvalue weighted by molar-refractivity contribution is 0.0953. The van der Waals surface area contributed by atoms with Gasteiger partial charge in [0.25, 0.3) is 5.91 Å². The first-order valence-electron chi connectivity index (χ1n) is 5.69. The Morgan fingerprint density at radius 2 is 2.29 bits per heavy atom. The first kappa shape index (κ1) is 13.8. The molecule has 0 aliphatic rings. The van der Waals surface area contributed by atoms with Crippen LogP contribution in [0.1, 0.15) is 23.2 Å². The van der Waals surface area contributed by atoms with Gasteiger partial charge in [0.1, 0.15) is 5.82 Å². The summed E-state index contributed by atoms with van der Waals surface area (Å²) in [6.45, 7) is 0.720. The van der Waals surface area contributed by atoms with E-state index in [9.17, 15) is 4.79 Å². The molecule has 0 atom stereocenters. The highest BCUT2D eigenvalue weighted by atomic mass is 32.2. The highest BCUT2D eigenvalue weighted by molar-refractivity contribution is 7.98. The maximum absolute atomic E-state index is 11.9. The van der Waals surface area contributed by atoms with E-state index in [0.29, 0.717) is 11.4 Å². The first-order valence-corrected chi connectivity index (χ1v) is 7.09. The van der Waals surface area contributed by atoms with Crippen molar-refractivity contribution in [1.29, 1.82) is 0 Å². The lowest BCUT2D eigenvalue weighted by Gasteiger charge is -2.08. The Kier molecular flexibility index (Phi) is 6.47. The molecule has 0 fully saturated rings. The highest BCUT2D eigenvalue weighted by Crippen LogP contribution is 2.09. The topological polar surface area (TPSA) is 54.0 Å². The molecule has 1 aromatic heterocycles. The number of hydrogen-bond acceptors (Lipinski definition) is 4. The number of carbonyl (C=O) groups excluding carboxylic acids is 1. The number of anilines is 1. The van der Waals surface area contributed by atoms with Gasteiger partial charge in [-0.25, -0.2) is 4.98 Å². The predicted molar refractivity (Wildman–Crippen MR) is 73.7 cm³/mol. The van der Waals surface area contributed by atoms with Crippen LogP contribution in [0.15, 0.2) is 18.3 Å². The Morgan fingerprint density at radius 1 is 1.47 bits per heavy atom. The van der Waals surface area contributed by atoms with Crippen molar-refractivity contribution in [3.05, 3.63) is 23.9 Å². The number of nitrogens with one attached hydrogen (secondary N) is 2. The molecular weight excluding hydrogens is 234 g/mol. The summed E-state index contributed by atoms with van der Waals surface area (Å²) in [4.78, 5) is 16.0. The Labute approximate surface area is 107 Å². The number of aromatic nitrogens is 1. The van der Waals surface area contributed by atoms with Gasteiger partial charge in [0.2, 0.25) is 0 Å². The lowest BCUT2D eigenvalue weighted by atomic mass is 10.2. The van der Waals surface area contributed by atoms with Crippen molar-refractivity contribution in [2.24, 2.45) is 0 Å². The molecule has 1 amide bonds. The Bertz CT molecular complexity index is 357. The number of unbranched alkanes of at least 4 members (excludes halogenated alkanes) is 1. The molecule has 2 N–H and O–H groups in total. The minimum Gasteiger partial charge on any atom is -0.372 e. The summed E-state index contributed by atoms with van der Waals surface area (Å²) in [6.07, 6.45) is 5.91. The van der Waals surface area contributed by atoms with Crippen LogP contribution in [-0.2, 0) is 0 Å². The molecule has 94 valence electrons. The second-order valence-electron chi connectivity index (χ2n) is 3.61. The highest BCUT2D eigenvalue weighted by Gasteiger charge is 2.09. The molecular formula is C12H19N3OS. The van der Waals surface area contributed by atoms with E-state index in [0.717, 1.165) is 25.1 Å². The van der Waals surface area contributed by atoms with Gasteiger partial charge < -0.3 is 10.6 Å². The van der Waals surface area contributed by atoms with Crippen molar-refractivity contribution < 1.29 is 4.79 Å².